The molecule has 3 aromatic rings. The Kier molecular flexibility index (Phi) is 6.67. The van der Waals surface area contributed by atoms with E-state index in [1.54, 1.807) is 4.90 Å². The van der Waals surface area contributed by atoms with Crippen LogP contribution in [0.15, 0.2) is 65.6 Å². The number of hydrogen-bond acceptors (Lipinski definition) is 5. The summed E-state index contributed by atoms with van der Waals surface area (Å²) in [7, 11) is -1.45. The van der Waals surface area contributed by atoms with Crippen LogP contribution in [-0.4, -0.2) is 41.6 Å². The Morgan fingerprint density at radius 2 is 1.79 bits per heavy atom. The second-order valence-corrected chi connectivity index (χ2v) is 9.82. The van der Waals surface area contributed by atoms with E-state index in [1.807, 2.05) is 24.3 Å². The zero-order chi connectivity index (χ0) is 24.5. The van der Waals surface area contributed by atoms with E-state index in [2.05, 4.69) is 0 Å². The summed E-state index contributed by atoms with van der Waals surface area (Å²) in [4.78, 5) is 14.7. The minimum atomic E-state index is -4.27. The molecule has 1 aliphatic rings. The third kappa shape index (κ3) is 4.41. The highest BCUT2D eigenvalue weighted by atomic mass is 35.5. The van der Waals surface area contributed by atoms with Gasteiger partial charge < -0.3 is 14.4 Å². The van der Waals surface area contributed by atoms with Gasteiger partial charge in [-0.3, -0.25) is 9.10 Å². The number of sulfonamides is 1. The maximum absolute atomic E-state index is 13.8. The molecule has 0 radical (unpaired) electrons. The number of halogens is 2. The van der Waals surface area contributed by atoms with Crippen LogP contribution in [0.5, 0.6) is 11.5 Å². The Morgan fingerprint density at radius 3 is 2.50 bits per heavy atom. The number of fused-ring (bicyclic) bond motifs is 1. The Balaban J connectivity index is 1.76. The first-order valence-electron chi connectivity index (χ1n) is 10.3. The van der Waals surface area contributed by atoms with Gasteiger partial charge in [-0.05, 0) is 48.4 Å². The average molecular weight is 505 g/mol. The van der Waals surface area contributed by atoms with E-state index in [0.717, 1.165) is 21.6 Å². The maximum Gasteiger partial charge on any atom is 0.264 e. The number of carbonyl (C=O) groups is 1. The quantitative estimate of drug-likeness (QED) is 0.480. The van der Waals surface area contributed by atoms with Gasteiger partial charge in [0.1, 0.15) is 12.4 Å². The summed E-state index contributed by atoms with van der Waals surface area (Å²) in [5, 5.41) is -0.260. The van der Waals surface area contributed by atoms with Crippen LogP contribution in [0.4, 0.5) is 15.8 Å². The standard InChI is InChI=1S/C24H22ClFN2O5S/c1-32-22-10-8-18(14-23(22)33-2)34(30,31)28(17-7-9-20(26)19(25)13-17)15-24(29)27-12-11-16-5-3-4-6-21(16)27/h3-10,13-14H,11-12,15H2,1-2H3. The predicted octanol–water partition coefficient (Wildman–Crippen LogP) is 4.28. The van der Waals surface area contributed by atoms with Crippen molar-refractivity contribution in [2.24, 2.45) is 0 Å². The fourth-order valence-corrected chi connectivity index (χ4v) is 5.46. The first-order chi connectivity index (χ1) is 16.3. The van der Waals surface area contributed by atoms with Gasteiger partial charge in [0.05, 0.1) is 29.8 Å². The third-order valence-electron chi connectivity index (χ3n) is 5.60. The van der Waals surface area contributed by atoms with Crippen molar-refractivity contribution >= 4 is 38.9 Å². The second kappa shape index (κ2) is 9.52. The number of rotatable bonds is 7. The number of amides is 1. The Hall–Kier alpha value is -3.30. The molecule has 1 heterocycles. The number of anilines is 2. The molecule has 0 aliphatic carbocycles. The first kappa shape index (κ1) is 23.8. The summed E-state index contributed by atoms with van der Waals surface area (Å²) in [5.74, 6) is -0.564. The lowest BCUT2D eigenvalue weighted by atomic mass is 10.2. The van der Waals surface area contributed by atoms with Gasteiger partial charge in [0.15, 0.2) is 11.5 Å². The summed E-state index contributed by atoms with van der Waals surface area (Å²) in [6.07, 6.45) is 0.673. The summed E-state index contributed by atoms with van der Waals surface area (Å²) in [6, 6.07) is 15.1. The number of benzene rings is 3. The van der Waals surface area contributed by atoms with Crippen molar-refractivity contribution in [1.82, 2.24) is 0 Å². The van der Waals surface area contributed by atoms with Crippen molar-refractivity contribution in [2.45, 2.75) is 11.3 Å². The van der Waals surface area contributed by atoms with Crippen molar-refractivity contribution in [1.29, 1.82) is 0 Å². The molecule has 0 unspecified atom stereocenters. The number of methoxy groups -OCH3 is 2. The molecule has 4 rings (SSSR count). The number of para-hydroxylation sites is 1. The summed E-state index contributed by atoms with van der Waals surface area (Å²) >= 11 is 5.94. The zero-order valence-electron chi connectivity index (χ0n) is 18.5. The number of hydrogen-bond donors (Lipinski definition) is 0. The molecule has 3 aromatic carbocycles. The minimum Gasteiger partial charge on any atom is -0.493 e. The molecule has 10 heteroatoms. The van der Waals surface area contributed by atoms with Crippen molar-refractivity contribution in [3.05, 3.63) is 77.1 Å². The summed E-state index contributed by atoms with van der Waals surface area (Å²) in [5.41, 5.74) is 1.81. The molecule has 0 fully saturated rings. The highest BCUT2D eigenvalue weighted by Gasteiger charge is 2.32. The zero-order valence-corrected chi connectivity index (χ0v) is 20.1. The fourth-order valence-electron chi connectivity index (χ4n) is 3.86. The molecular formula is C24H22ClFN2O5S. The van der Waals surface area contributed by atoms with Gasteiger partial charge in [-0.25, -0.2) is 12.8 Å². The van der Waals surface area contributed by atoms with Crippen molar-refractivity contribution in [3.8, 4) is 11.5 Å². The lowest BCUT2D eigenvalue weighted by Crippen LogP contribution is -2.42. The molecule has 0 saturated carbocycles. The van der Waals surface area contributed by atoms with Crippen LogP contribution < -0.4 is 18.7 Å². The molecule has 0 saturated heterocycles. The van der Waals surface area contributed by atoms with E-state index in [-0.39, 0.29) is 21.4 Å². The van der Waals surface area contributed by atoms with Gasteiger partial charge in [0.2, 0.25) is 5.91 Å². The Morgan fingerprint density at radius 1 is 1.06 bits per heavy atom. The van der Waals surface area contributed by atoms with Crippen molar-refractivity contribution in [3.63, 3.8) is 0 Å². The van der Waals surface area contributed by atoms with Gasteiger partial charge in [0.25, 0.3) is 10.0 Å². The largest absolute Gasteiger partial charge is 0.493 e. The Labute approximate surface area is 202 Å². The van der Waals surface area contributed by atoms with Crippen LogP contribution in [0.25, 0.3) is 0 Å². The molecule has 1 aliphatic heterocycles. The van der Waals surface area contributed by atoms with Crippen LogP contribution in [-0.2, 0) is 21.2 Å². The maximum atomic E-state index is 13.8. The number of nitrogens with zero attached hydrogens (tertiary/aromatic N) is 2. The summed E-state index contributed by atoms with van der Waals surface area (Å²) in [6.45, 7) is -0.0699. The SMILES string of the molecule is COc1ccc(S(=O)(=O)N(CC(=O)N2CCc3ccccc32)c2ccc(F)c(Cl)c2)cc1OC. The normalized spacial score (nSPS) is 12.9. The van der Waals surface area contributed by atoms with Crippen LogP contribution in [0.2, 0.25) is 5.02 Å². The molecule has 0 atom stereocenters. The molecule has 1 amide bonds. The number of carbonyl (C=O) groups excluding carboxylic acids is 1. The molecular weight excluding hydrogens is 483 g/mol. The van der Waals surface area contributed by atoms with E-state index in [4.69, 9.17) is 21.1 Å². The van der Waals surface area contributed by atoms with Crippen molar-refractivity contribution in [2.75, 3.05) is 36.5 Å². The van der Waals surface area contributed by atoms with E-state index >= 15 is 0 Å². The molecule has 0 spiro atoms. The van der Waals surface area contributed by atoms with E-state index in [9.17, 15) is 17.6 Å². The van der Waals surface area contributed by atoms with E-state index in [1.165, 1.54) is 44.6 Å². The third-order valence-corrected chi connectivity index (χ3v) is 7.66. The predicted molar refractivity (Wildman–Crippen MR) is 128 cm³/mol. The van der Waals surface area contributed by atoms with E-state index in [0.29, 0.717) is 18.7 Å². The monoisotopic (exact) mass is 504 g/mol. The smallest absolute Gasteiger partial charge is 0.264 e. The van der Waals surface area contributed by atoms with Gasteiger partial charge in [-0.2, -0.15) is 0 Å². The fraction of sp³-hybridized carbons (Fsp3) is 0.208. The van der Waals surface area contributed by atoms with E-state index < -0.39 is 28.3 Å². The average Bonchev–Trinajstić information content (AvgIpc) is 3.28. The lowest BCUT2D eigenvalue weighted by Gasteiger charge is -2.27. The number of ether oxygens (including phenoxy) is 2. The molecule has 178 valence electrons. The molecule has 0 N–H and O–H groups in total. The first-order valence-corrected chi connectivity index (χ1v) is 12.2. The minimum absolute atomic E-state index is 0.0574. The molecule has 34 heavy (non-hydrogen) atoms. The van der Waals surface area contributed by atoms with Crippen LogP contribution >= 0.6 is 11.6 Å². The molecule has 7 nitrogen and oxygen atoms in total. The van der Waals surface area contributed by atoms with Crippen molar-refractivity contribution < 1.29 is 27.1 Å². The molecule has 0 aromatic heterocycles. The van der Waals surface area contributed by atoms with Crippen LogP contribution in [0, 0.1) is 5.82 Å². The van der Waals surface area contributed by atoms with Gasteiger partial charge in [-0.1, -0.05) is 29.8 Å². The topological polar surface area (TPSA) is 76.2 Å². The van der Waals surface area contributed by atoms with Gasteiger partial charge in [-0.15, -0.1) is 0 Å². The van der Waals surface area contributed by atoms with Crippen LogP contribution in [0.3, 0.4) is 0 Å². The molecule has 0 bridgehead atoms. The highest BCUT2D eigenvalue weighted by Crippen LogP contribution is 2.34. The van der Waals surface area contributed by atoms with Gasteiger partial charge in [0, 0.05) is 18.3 Å². The lowest BCUT2D eigenvalue weighted by molar-refractivity contribution is -0.117. The van der Waals surface area contributed by atoms with Gasteiger partial charge >= 0.3 is 0 Å². The Bertz CT molecular complexity index is 1350. The van der Waals surface area contributed by atoms with Crippen LogP contribution in [0.1, 0.15) is 5.56 Å². The summed E-state index contributed by atoms with van der Waals surface area (Å²) < 4.78 is 52.6. The highest BCUT2D eigenvalue weighted by molar-refractivity contribution is 7.92. The second-order valence-electron chi connectivity index (χ2n) is 7.55.